The molecule has 5 heteroatoms. The van der Waals surface area contributed by atoms with Crippen molar-refractivity contribution in [2.24, 2.45) is 5.92 Å². The summed E-state index contributed by atoms with van der Waals surface area (Å²) in [4.78, 5) is 14.5. The lowest BCUT2D eigenvalue weighted by atomic mass is 9.99. The third kappa shape index (κ3) is 6.40. The van der Waals surface area contributed by atoms with Gasteiger partial charge in [0.25, 0.3) is 5.91 Å². The highest BCUT2D eigenvalue weighted by Crippen LogP contribution is 2.17. The van der Waals surface area contributed by atoms with Crippen molar-refractivity contribution in [2.45, 2.75) is 39.2 Å². The van der Waals surface area contributed by atoms with E-state index in [2.05, 4.69) is 17.1 Å². The van der Waals surface area contributed by atoms with Crippen LogP contribution in [0.4, 0.5) is 0 Å². The summed E-state index contributed by atoms with van der Waals surface area (Å²) in [7, 11) is 0. The molecule has 1 aliphatic heterocycles. The van der Waals surface area contributed by atoms with Crippen LogP contribution in [0.5, 0.6) is 5.75 Å². The normalized spacial score (nSPS) is 17.7. The summed E-state index contributed by atoms with van der Waals surface area (Å²) in [6.07, 6.45) is 3.05. The minimum atomic E-state index is -0.507. The molecule has 1 saturated heterocycles. The van der Waals surface area contributed by atoms with Gasteiger partial charge in [-0.05, 0) is 76.0 Å². The smallest absolute Gasteiger partial charge is 0.260 e. The van der Waals surface area contributed by atoms with Gasteiger partial charge in [-0.1, -0.05) is 18.5 Å². The first kappa shape index (κ1) is 18.1. The van der Waals surface area contributed by atoms with E-state index in [4.69, 9.17) is 16.3 Å². The molecule has 4 nitrogen and oxygen atoms in total. The van der Waals surface area contributed by atoms with Crippen LogP contribution in [0.2, 0.25) is 5.02 Å². The zero-order valence-electron chi connectivity index (χ0n) is 14.1. The standard InChI is InChI=1S/C18H27ClN2O2/c1-14-8-12-21(13-9-14)11-3-10-20-18(22)15(2)23-17-6-4-16(19)5-7-17/h4-7,14-15H,3,8-13H2,1-2H3,(H,20,22)/t15-/m0/s1. The second-order valence-electron chi connectivity index (χ2n) is 6.38. The topological polar surface area (TPSA) is 41.6 Å². The van der Waals surface area contributed by atoms with E-state index in [-0.39, 0.29) is 5.91 Å². The van der Waals surface area contributed by atoms with Crippen molar-refractivity contribution < 1.29 is 9.53 Å². The maximum atomic E-state index is 12.0. The molecular formula is C18H27ClN2O2. The fourth-order valence-electron chi connectivity index (χ4n) is 2.71. The lowest BCUT2D eigenvalue weighted by molar-refractivity contribution is -0.127. The number of amides is 1. The number of hydrogen-bond acceptors (Lipinski definition) is 3. The largest absolute Gasteiger partial charge is 0.481 e. The molecule has 0 unspecified atom stereocenters. The van der Waals surface area contributed by atoms with Crippen molar-refractivity contribution in [2.75, 3.05) is 26.2 Å². The molecule has 23 heavy (non-hydrogen) atoms. The second kappa shape index (κ2) is 9.14. The van der Waals surface area contributed by atoms with Gasteiger partial charge in [-0.3, -0.25) is 4.79 Å². The molecule has 2 rings (SSSR count). The van der Waals surface area contributed by atoms with E-state index in [1.807, 2.05) is 0 Å². The van der Waals surface area contributed by atoms with Gasteiger partial charge in [-0.2, -0.15) is 0 Å². The Morgan fingerprint density at radius 2 is 2.00 bits per heavy atom. The van der Waals surface area contributed by atoms with E-state index in [1.54, 1.807) is 31.2 Å². The zero-order chi connectivity index (χ0) is 16.7. The molecule has 0 saturated carbocycles. The fourth-order valence-corrected chi connectivity index (χ4v) is 2.84. The maximum absolute atomic E-state index is 12.0. The molecule has 1 atom stereocenters. The van der Waals surface area contributed by atoms with E-state index in [1.165, 1.54) is 25.9 Å². The minimum Gasteiger partial charge on any atom is -0.481 e. The average Bonchev–Trinajstić information content (AvgIpc) is 2.55. The molecule has 1 N–H and O–H groups in total. The third-order valence-corrected chi connectivity index (χ3v) is 4.57. The SMILES string of the molecule is CC1CCN(CCCNC(=O)[C@H](C)Oc2ccc(Cl)cc2)CC1. The molecular weight excluding hydrogens is 312 g/mol. The quantitative estimate of drug-likeness (QED) is 0.775. The number of rotatable bonds is 7. The van der Waals surface area contributed by atoms with Crippen molar-refractivity contribution >= 4 is 17.5 Å². The van der Waals surface area contributed by atoms with E-state index in [9.17, 15) is 4.79 Å². The highest BCUT2D eigenvalue weighted by atomic mass is 35.5. The van der Waals surface area contributed by atoms with Gasteiger partial charge >= 0.3 is 0 Å². The summed E-state index contributed by atoms with van der Waals surface area (Å²) in [5.74, 6) is 1.43. The number of likely N-dealkylation sites (tertiary alicyclic amines) is 1. The van der Waals surface area contributed by atoms with Crippen LogP contribution < -0.4 is 10.1 Å². The van der Waals surface area contributed by atoms with Gasteiger partial charge in [0.15, 0.2) is 6.10 Å². The molecule has 1 amide bonds. The van der Waals surface area contributed by atoms with Gasteiger partial charge in [0.2, 0.25) is 0 Å². The molecule has 128 valence electrons. The lowest BCUT2D eigenvalue weighted by Gasteiger charge is -2.30. The van der Waals surface area contributed by atoms with E-state index >= 15 is 0 Å². The van der Waals surface area contributed by atoms with Crippen LogP contribution in [0.1, 0.15) is 33.1 Å². The predicted octanol–water partition coefficient (Wildman–Crippen LogP) is 3.35. The first-order valence-electron chi connectivity index (χ1n) is 8.47. The molecule has 1 fully saturated rings. The van der Waals surface area contributed by atoms with Gasteiger partial charge in [-0.25, -0.2) is 0 Å². The summed E-state index contributed by atoms with van der Waals surface area (Å²) >= 11 is 5.83. The number of benzene rings is 1. The van der Waals surface area contributed by atoms with Gasteiger partial charge in [0.1, 0.15) is 5.75 Å². The van der Waals surface area contributed by atoms with E-state index in [0.29, 0.717) is 17.3 Å². The number of halogens is 1. The Hall–Kier alpha value is -1.26. The van der Waals surface area contributed by atoms with Crippen LogP contribution in [0, 0.1) is 5.92 Å². The summed E-state index contributed by atoms with van der Waals surface area (Å²) in [5.41, 5.74) is 0. The Bertz CT molecular complexity index is 484. The number of nitrogens with one attached hydrogen (secondary N) is 1. The summed E-state index contributed by atoms with van der Waals surface area (Å²) in [6, 6.07) is 7.04. The Kier molecular flexibility index (Phi) is 7.18. The number of carbonyl (C=O) groups is 1. The molecule has 0 spiro atoms. The number of piperidine rings is 1. The van der Waals surface area contributed by atoms with Crippen molar-refractivity contribution in [3.8, 4) is 5.75 Å². The Labute approximate surface area is 144 Å². The zero-order valence-corrected chi connectivity index (χ0v) is 14.8. The van der Waals surface area contributed by atoms with E-state index < -0.39 is 6.10 Å². The van der Waals surface area contributed by atoms with E-state index in [0.717, 1.165) is 18.9 Å². The highest BCUT2D eigenvalue weighted by molar-refractivity contribution is 6.30. The van der Waals surface area contributed by atoms with Gasteiger partial charge in [-0.15, -0.1) is 0 Å². The van der Waals surface area contributed by atoms with Gasteiger partial charge in [0, 0.05) is 11.6 Å². The van der Waals surface area contributed by atoms with Crippen molar-refractivity contribution in [3.63, 3.8) is 0 Å². The summed E-state index contributed by atoms with van der Waals surface area (Å²) in [5, 5.41) is 3.60. The molecule has 1 aromatic rings. The van der Waals surface area contributed by atoms with Crippen LogP contribution in [-0.2, 0) is 4.79 Å². The highest BCUT2D eigenvalue weighted by Gasteiger charge is 2.16. The van der Waals surface area contributed by atoms with Crippen LogP contribution in [-0.4, -0.2) is 43.1 Å². The molecule has 0 bridgehead atoms. The van der Waals surface area contributed by atoms with Crippen LogP contribution in [0.3, 0.4) is 0 Å². The van der Waals surface area contributed by atoms with Crippen molar-refractivity contribution in [1.29, 1.82) is 0 Å². The lowest BCUT2D eigenvalue weighted by Crippen LogP contribution is -2.39. The van der Waals surface area contributed by atoms with Crippen molar-refractivity contribution in [3.05, 3.63) is 29.3 Å². The first-order chi connectivity index (χ1) is 11.0. The average molecular weight is 339 g/mol. The van der Waals surface area contributed by atoms with Gasteiger partial charge in [0.05, 0.1) is 0 Å². The maximum Gasteiger partial charge on any atom is 0.260 e. The van der Waals surface area contributed by atoms with Crippen LogP contribution >= 0.6 is 11.6 Å². The monoisotopic (exact) mass is 338 g/mol. The van der Waals surface area contributed by atoms with Crippen LogP contribution in [0.15, 0.2) is 24.3 Å². The first-order valence-corrected chi connectivity index (χ1v) is 8.84. The molecule has 1 heterocycles. The minimum absolute atomic E-state index is 0.0767. The third-order valence-electron chi connectivity index (χ3n) is 4.32. The molecule has 0 aromatic heterocycles. The summed E-state index contributed by atoms with van der Waals surface area (Å²) < 4.78 is 5.61. The van der Waals surface area contributed by atoms with Crippen molar-refractivity contribution in [1.82, 2.24) is 10.2 Å². The second-order valence-corrected chi connectivity index (χ2v) is 6.82. The molecule has 1 aromatic carbocycles. The molecule has 1 aliphatic rings. The Morgan fingerprint density at radius 3 is 2.65 bits per heavy atom. The number of hydrogen-bond donors (Lipinski definition) is 1. The predicted molar refractivity (Wildman–Crippen MR) is 94.0 cm³/mol. The Balaban J connectivity index is 1.61. The fraction of sp³-hybridized carbons (Fsp3) is 0.611. The molecule has 0 radical (unpaired) electrons. The van der Waals surface area contributed by atoms with Crippen LogP contribution in [0.25, 0.3) is 0 Å². The number of ether oxygens (including phenoxy) is 1. The molecule has 0 aliphatic carbocycles. The Morgan fingerprint density at radius 1 is 1.35 bits per heavy atom. The summed E-state index contributed by atoms with van der Waals surface area (Å²) in [6.45, 7) is 8.20. The number of nitrogens with zero attached hydrogens (tertiary/aromatic N) is 1. The van der Waals surface area contributed by atoms with Gasteiger partial charge < -0.3 is 15.0 Å². The number of carbonyl (C=O) groups excluding carboxylic acids is 1.